The van der Waals surface area contributed by atoms with Crippen LogP contribution >= 0.6 is 23.8 Å². The van der Waals surface area contributed by atoms with Crippen LogP contribution in [0.5, 0.6) is 0 Å². The fourth-order valence-corrected chi connectivity index (χ4v) is 3.60. The number of benzene rings is 2. The first-order chi connectivity index (χ1) is 13.1. The van der Waals surface area contributed by atoms with E-state index in [0.29, 0.717) is 10.6 Å². The summed E-state index contributed by atoms with van der Waals surface area (Å²) in [6.45, 7) is 7.92. The fourth-order valence-electron chi connectivity index (χ4n) is 3.17. The van der Waals surface area contributed by atoms with Crippen LogP contribution in [0.4, 0.5) is 11.4 Å². The van der Waals surface area contributed by atoms with Crippen LogP contribution in [0.2, 0.25) is 5.02 Å². The molecule has 0 radical (unpaired) electrons. The van der Waals surface area contributed by atoms with Gasteiger partial charge in [0.25, 0.3) is 5.91 Å². The molecule has 1 heterocycles. The Morgan fingerprint density at radius 2 is 1.81 bits per heavy atom. The molecular weight excluding hydrogens is 380 g/mol. The molecule has 2 aromatic rings. The van der Waals surface area contributed by atoms with Crippen molar-refractivity contribution in [3.63, 3.8) is 0 Å². The molecule has 1 aliphatic rings. The largest absolute Gasteiger partial charge is 0.360 e. The molecule has 7 heteroatoms. The third kappa shape index (κ3) is 5.19. The first-order valence-corrected chi connectivity index (χ1v) is 9.91. The van der Waals surface area contributed by atoms with Gasteiger partial charge in [0.15, 0.2) is 5.11 Å². The molecule has 2 aromatic carbocycles. The van der Waals surface area contributed by atoms with E-state index < -0.39 is 0 Å². The molecule has 3 N–H and O–H groups in total. The van der Waals surface area contributed by atoms with Crippen LogP contribution in [0.1, 0.15) is 17.3 Å². The van der Waals surface area contributed by atoms with E-state index in [9.17, 15) is 4.79 Å². The molecule has 27 heavy (non-hydrogen) atoms. The summed E-state index contributed by atoms with van der Waals surface area (Å²) in [5.74, 6) is -0.328. The molecule has 5 nitrogen and oxygen atoms in total. The highest BCUT2D eigenvalue weighted by molar-refractivity contribution is 7.80. The summed E-state index contributed by atoms with van der Waals surface area (Å²) in [6, 6.07) is 15.0. The number of amides is 1. The average Bonchev–Trinajstić information content (AvgIpc) is 2.69. The third-order valence-corrected chi connectivity index (χ3v) is 5.34. The van der Waals surface area contributed by atoms with Gasteiger partial charge in [0.05, 0.1) is 43.3 Å². The number of nitrogens with one attached hydrogen (secondary N) is 3. The van der Waals surface area contributed by atoms with Crippen molar-refractivity contribution in [2.45, 2.75) is 6.92 Å². The molecule has 0 aliphatic carbocycles. The zero-order valence-corrected chi connectivity index (χ0v) is 16.9. The third-order valence-electron chi connectivity index (χ3n) is 4.81. The van der Waals surface area contributed by atoms with Gasteiger partial charge in [-0.05, 0) is 55.5 Å². The predicted octanol–water partition coefficient (Wildman–Crippen LogP) is 2.19. The molecular formula is C20H24ClN4OS+. The lowest BCUT2D eigenvalue weighted by molar-refractivity contribution is -0.898. The van der Waals surface area contributed by atoms with Gasteiger partial charge in [-0.15, -0.1) is 0 Å². The van der Waals surface area contributed by atoms with Gasteiger partial charge in [-0.3, -0.25) is 10.1 Å². The Balaban J connectivity index is 1.54. The molecule has 0 unspecified atom stereocenters. The van der Waals surface area contributed by atoms with Gasteiger partial charge in [-0.25, -0.2) is 0 Å². The predicted molar refractivity (Wildman–Crippen MR) is 115 cm³/mol. The van der Waals surface area contributed by atoms with Crippen LogP contribution in [0.25, 0.3) is 0 Å². The number of rotatable bonds is 4. The number of piperazine rings is 1. The van der Waals surface area contributed by atoms with E-state index in [4.69, 9.17) is 23.8 Å². The monoisotopic (exact) mass is 403 g/mol. The molecule has 0 atom stereocenters. The number of thiocarbonyl (C=S) groups is 1. The number of hydrogen-bond donors (Lipinski definition) is 3. The van der Waals surface area contributed by atoms with E-state index >= 15 is 0 Å². The SMILES string of the molecule is CC[NH+]1CCN(c2ccc(NC(=S)NC(=O)c3ccccc3Cl)cc2)CC1. The summed E-state index contributed by atoms with van der Waals surface area (Å²) in [7, 11) is 0. The molecule has 0 aromatic heterocycles. The van der Waals surface area contributed by atoms with E-state index in [1.165, 1.54) is 25.3 Å². The quantitative estimate of drug-likeness (QED) is 0.685. The van der Waals surface area contributed by atoms with Crippen molar-refractivity contribution in [2.75, 3.05) is 42.9 Å². The number of carbonyl (C=O) groups excluding carboxylic acids is 1. The van der Waals surface area contributed by atoms with E-state index in [1.54, 1.807) is 29.2 Å². The Kier molecular flexibility index (Phi) is 6.66. The Morgan fingerprint density at radius 1 is 1.15 bits per heavy atom. The molecule has 1 saturated heterocycles. The minimum Gasteiger partial charge on any atom is -0.360 e. The highest BCUT2D eigenvalue weighted by atomic mass is 35.5. The molecule has 1 amide bonds. The maximum absolute atomic E-state index is 12.2. The smallest absolute Gasteiger partial charge is 0.258 e. The normalized spacial score (nSPS) is 14.7. The van der Waals surface area contributed by atoms with Gasteiger partial charge >= 0.3 is 0 Å². The number of likely N-dealkylation sites (N-methyl/N-ethyl adjacent to an activating group) is 1. The van der Waals surface area contributed by atoms with Gasteiger partial charge in [-0.1, -0.05) is 23.7 Å². The summed E-state index contributed by atoms with van der Waals surface area (Å²) < 4.78 is 0. The Labute approximate surface area is 170 Å². The van der Waals surface area contributed by atoms with Crippen molar-refractivity contribution in [1.29, 1.82) is 0 Å². The van der Waals surface area contributed by atoms with Crippen molar-refractivity contribution < 1.29 is 9.69 Å². The van der Waals surface area contributed by atoms with Gasteiger partial charge < -0.3 is 15.1 Å². The van der Waals surface area contributed by atoms with Gasteiger partial charge in [0.1, 0.15) is 0 Å². The zero-order valence-electron chi connectivity index (χ0n) is 15.3. The van der Waals surface area contributed by atoms with Crippen LogP contribution in [0.3, 0.4) is 0 Å². The first kappa shape index (κ1) is 19.6. The van der Waals surface area contributed by atoms with E-state index in [-0.39, 0.29) is 11.0 Å². The molecule has 142 valence electrons. The fraction of sp³-hybridized carbons (Fsp3) is 0.300. The molecule has 0 spiro atoms. The maximum atomic E-state index is 12.2. The average molecular weight is 404 g/mol. The van der Waals surface area contributed by atoms with Crippen LogP contribution in [-0.2, 0) is 0 Å². The Morgan fingerprint density at radius 3 is 2.44 bits per heavy atom. The minimum absolute atomic E-state index is 0.243. The summed E-state index contributed by atoms with van der Waals surface area (Å²) in [4.78, 5) is 16.3. The highest BCUT2D eigenvalue weighted by Crippen LogP contribution is 2.18. The second-order valence-corrected chi connectivity index (χ2v) is 7.34. The van der Waals surface area contributed by atoms with Crippen molar-refractivity contribution >= 4 is 46.2 Å². The summed E-state index contributed by atoms with van der Waals surface area (Å²) in [5, 5.41) is 6.34. The van der Waals surface area contributed by atoms with E-state index in [2.05, 4.69) is 34.6 Å². The molecule has 1 aliphatic heterocycles. The van der Waals surface area contributed by atoms with Gasteiger partial charge in [0, 0.05) is 11.4 Å². The van der Waals surface area contributed by atoms with Crippen LogP contribution in [0, 0.1) is 0 Å². The Bertz CT molecular complexity index is 804. The summed E-state index contributed by atoms with van der Waals surface area (Å²) in [5.41, 5.74) is 2.44. The lowest BCUT2D eigenvalue weighted by atomic mass is 10.2. The molecule has 0 saturated carbocycles. The van der Waals surface area contributed by atoms with Crippen molar-refractivity contribution in [2.24, 2.45) is 0 Å². The second-order valence-electron chi connectivity index (χ2n) is 6.53. The minimum atomic E-state index is -0.328. The molecule has 3 rings (SSSR count). The van der Waals surface area contributed by atoms with E-state index in [1.807, 2.05) is 12.1 Å². The van der Waals surface area contributed by atoms with Crippen LogP contribution < -0.4 is 20.4 Å². The molecule has 0 bridgehead atoms. The number of hydrogen-bond acceptors (Lipinski definition) is 3. The second kappa shape index (κ2) is 9.17. The first-order valence-electron chi connectivity index (χ1n) is 9.12. The van der Waals surface area contributed by atoms with Gasteiger partial charge in [-0.2, -0.15) is 0 Å². The topological polar surface area (TPSA) is 48.8 Å². The number of halogens is 1. The highest BCUT2D eigenvalue weighted by Gasteiger charge is 2.18. The maximum Gasteiger partial charge on any atom is 0.258 e. The van der Waals surface area contributed by atoms with Gasteiger partial charge in [0.2, 0.25) is 0 Å². The van der Waals surface area contributed by atoms with Crippen LogP contribution in [0.15, 0.2) is 48.5 Å². The lowest BCUT2D eigenvalue weighted by Gasteiger charge is -2.33. The number of nitrogens with zero attached hydrogens (tertiary/aromatic N) is 1. The summed E-state index contributed by atoms with van der Waals surface area (Å²) in [6.07, 6.45) is 0. The Hall–Kier alpha value is -2.15. The lowest BCUT2D eigenvalue weighted by Crippen LogP contribution is -3.14. The van der Waals surface area contributed by atoms with Crippen molar-refractivity contribution in [3.8, 4) is 0 Å². The van der Waals surface area contributed by atoms with Crippen molar-refractivity contribution in [3.05, 3.63) is 59.1 Å². The van der Waals surface area contributed by atoms with Crippen molar-refractivity contribution in [1.82, 2.24) is 5.32 Å². The number of quaternary nitrogens is 1. The number of anilines is 2. The standard InChI is InChI=1S/C20H23ClN4OS/c1-2-24-11-13-25(14-12-24)16-9-7-15(8-10-16)22-20(27)23-19(26)17-5-3-4-6-18(17)21/h3-10H,2,11-14H2,1H3,(H2,22,23,26,27)/p+1. The zero-order chi connectivity index (χ0) is 19.2. The van der Waals surface area contributed by atoms with E-state index in [0.717, 1.165) is 18.8 Å². The number of carbonyl (C=O) groups is 1. The molecule has 1 fully saturated rings. The summed E-state index contributed by atoms with van der Waals surface area (Å²) >= 11 is 11.3. The van der Waals surface area contributed by atoms with Crippen LogP contribution in [-0.4, -0.2) is 43.7 Å².